The highest BCUT2D eigenvalue weighted by Crippen LogP contribution is 2.32. The van der Waals surface area contributed by atoms with Gasteiger partial charge in [0, 0.05) is 10.0 Å². The molecule has 33 heavy (non-hydrogen) atoms. The first kappa shape index (κ1) is 21.3. The van der Waals surface area contributed by atoms with Gasteiger partial charge in [-0.15, -0.1) is 0 Å². The van der Waals surface area contributed by atoms with Gasteiger partial charge in [-0.05, 0) is 60.0 Å². The number of nitrogens with zero attached hydrogens (tertiary/aromatic N) is 3. The molecule has 1 amide bonds. The van der Waals surface area contributed by atoms with Crippen LogP contribution in [0.3, 0.4) is 0 Å². The molecule has 0 aliphatic heterocycles. The molecule has 5 nitrogen and oxygen atoms in total. The number of halogens is 1. The summed E-state index contributed by atoms with van der Waals surface area (Å²) in [6, 6.07) is 27.2. The molecule has 0 atom stereocenters. The van der Waals surface area contributed by atoms with Gasteiger partial charge >= 0.3 is 0 Å². The second kappa shape index (κ2) is 9.52. The molecule has 5 aromatic rings. The van der Waals surface area contributed by atoms with Crippen molar-refractivity contribution in [2.24, 2.45) is 5.10 Å². The molecule has 0 N–H and O–H groups in total. The van der Waals surface area contributed by atoms with Crippen LogP contribution in [-0.2, 0) is 6.42 Å². The predicted molar refractivity (Wildman–Crippen MR) is 136 cm³/mol. The van der Waals surface area contributed by atoms with Gasteiger partial charge in [0.25, 0.3) is 5.91 Å². The summed E-state index contributed by atoms with van der Waals surface area (Å²) in [5.41, 5.74) is 3.70. The fraction of sp³-hybridized carbons (Fsp3) is 0.0385. The molecule has 0 aliphatic rings. The zero-order valence-electron chi connectivity index (χ0n) is 17.4. The number of aromatic nitrogens is 1. The summed E-state index contributed by atoms with van der Waals surface area (Å²) in [7, 11) is 0. The van der Waals surface area contributed by atoms with Crippen molar-refractivity contribution < 1.29 is 9.21 Å². The Labute approximate surface area is 203 Å². The predicted octanol–water partition coefficient (Wildman–Crippen LogP) is 6.92. The second-order valence-corrected chi connectivity index (χ2v) is 9.27. The standard InChI is InChI=1S/C26H18BrN3O2S/c27-21-12-13-23-24(16-21)33-26(29-23)30(28-17-22-7-4-14-32-22)25(31)20-10-8-19(9-11-20)15-18-5-2-1-3-6-18/h1-14,16-17H,15H2/b28-17+. The lowest BCUT2D eigenvalue weighted by Crippen LogP contribution is -2.25. The number of benzene rings is 3. The molecule has 162 valence electrons. The second-order valence-electron chi connectivity index (χ2n) is 7.34. The van der Waals surface area contributed by atoms with Gasteiger partial charge in [-0.2, -0.15) is 10.1 Å². The van der Waals surface area contributed by atoms with Gasteiger partial charge < -0.3 is 4.42 Å². The van der Waals surface area contributed by atoms with Crippen molar-refractivity contribution >= 4 is 54.7 Å². The molecule has 5 rings (SSSR count). The quantitative estimate of drug-likeness (QED) is 0.182. The number of fused-ring (bicyclic) bond motifs is 1. The Balaban J connectivity index is 1.45. The maximum Gasteiger partial charge on any atom is 0.280 e. The molecule has 0 radical (unpaired) electrons. The van der Waals surface area contributed by atoms with E-state index in [2.05, 4.69) is 38.1 Å². The zero-order valence-corrected chi connectivity index (χ0v) is 19.8. The Hall–Kier alpha value is -3.55. The Bertz CT molecular complexity index is 1410. The average molecular weight is 516 g/mol. The number of hydrazone groups is 1. The summed E-state index contributed by atoms with van der Waals surface area (Å²) < 4.78 is 7.26. The fourth-order valence-electron chi connectivity index (χ4n) is 3.36. The third-order valence-corrected chi connectivity index (χ3v) is 6.50. The lowest BCUT2D eigenvalue weighted by Gasteiger charge is -2.14. The van der Waals surface area contributed by atoms with Crippen LogP contribution in [0.2, 0.25) is 0 Å². The van der Waals surface area contributed by atoms with E-state index in [4.69, 9.17) is 4.42 Å². The first-order valence-electron chi connectivity index (χ1n) is 10.3. The van der Waals surface area contributed by atoms with Crippen LogP contribution in [-0.4, -0.2) is 17.1 Å². The third kappa shape index (κ3) is 4.94. The van der Waals surface area contributed by atoms with Crippen molar-refractivity contribution in [3.05, 3.63) is 118 Å². The van der Waals surface area contributed by atoms with Crippen LogP contribution < -0.4 is 5.01 Å². The molecule has 0 fully saturated rings. The number of hydrogen-bond donors (Lipinski definition) is 0. The van der Waals surface area contributed by atoms with Crippen LogP contribution in [0.5, 0.6) is 0 Å². The van der Waals surface area contributed by atoms with Crippen LogP contribution >= 0.6 is 27.3 Å². The van der Waals surface area contributed by atoms with Crippen molar-refractivity contribution in [3.8, 4) is 0 Å². The van der Waals surface area contributed by atoms with Gasteiger partial charge in [-0.25, -0.2) is 4.98 Å². The summed E-state index contributed by atoms with van der Waals surface area (Å²) in [6.07, 6.45) is 3.89. The van der Waals surface area contributed by atoms with Crippen molar-refractivity contribution in [1.82, 2.24) is 4.98 Å². The van der Waals surface area contributed by atoms with Gasteiger partial charge in [0.2, 0.25) is 5.13 Å². The molecule has 0 bridgehead atoms. The molecule has 3 aromatic carbocycles. The van der Waals surface area contributed by atoms with Crippen LogP contribution in [0.25, 0.3) is 10.2 Å². The third-order valence-electron chi connectivity index (χ3n) is 5.01. The van der Waals surface area contributed by atoms with Crippen LogP contribution in [0.1, 0.15) is 27.2 Å². The number of carbonyl (C=O) groups excluding carboxylic acids is 1. The number of anilines is 1. The molecular formula is C26H18BrN3O2S. The smallest absolute Gasteiger partial charge is 0.280 e. The lowest BCUT2D eigenvalue weighted by atomic mass is 10.0. The highest BCUT2D eigenvalue weighted by Gasteiger charge is 2.21. The molecule has 0 spiro atoms. The summed E-state index contributed by atoms with van der Waals surface area (Å²) in [5, 5.41) is 6.24. The Kier molecular flexibility index (Phi) is 6.15. The van der Waals surface area contributed by atoms with Gasteiger partial charge in [0.1, 0.15) is 5.76 Å². The van der Waals surface area contributed by atoms with E-state index in [0.29, 0.717) is 16.5 Å². The van der Waals surface area contributed by atoms with Gasteiger partial charge in [0.05, 0.1) is 22.7 Å². The topological polar surface area (TPSA) is 58.7 Å². The summed E-state index contributed by atoms with van der Waals surface area (Å²) in [6.45, 7) is 0. The SMILES string of the molecule is O=C(c1ccc(Cc2ccccc2)cc1)N(/N=C/c1ccco1)c1nc2ccc(Br)cc2s1. The summed E-state index contributed by atoms with van der Waals surface area (Å²) in [4.78, 5) is 18.1. The van der Waals surface area contributed by atoms with Gasteiger partial charge in [-0.1, -0.05) is 69.7 Å². The minimum Gasteiger partial charge on any atom is -0.463 e. The van der Waals surface area contributed by atoms with Crippen molar-refractivity contribution in [2.45, 2.75) is 6.42 Å². The first-order chi connectivity index (χ1) is 16.2. The maximum atomic E-state index is 13.5. The number of carbonyl (C=O) groups is 1. The maximum absolute atomic E-state index is 13.5. The van der Waals surface area contributed by atoms with Crippen molar-refractivity contribution in [1.29, 1.82) is 0 Å². The Morgan fingerprint density at radius 2 is 1.79 bits per heavy atom. The summed E-state index contributed by atoms with van der Waals surface area (Å²) in [5.74, 6) is 0.289. The zero-order chi connectivity index (χ0) is 22.6. The van der Waals surface area contributed by atoms with Crippen LogP contribution in [0, 0.1) is 0 Å². The normalized spacial score (nSPS) is 11.3. The molecule has 0 saturated carbocycles. The monoisotopic (exact) mass is 515 g/mol. The Morgan fingerprint density at radius 3 is 2.55 bits per heavy atom. The fourth-order valence-corrected chi connectivity index (χ4v) is 4.84. The molecule has 2 heterocycles. The molecule has 0 saturated heterocycles. The number of amides is 1. The van der Waals surface area contributed by atoms with Gasteiger partial charge in [-0.3, -0.25) is 4.79 Å². The van der Waals surface area contributed by atoms with E-state index in [9.17, 15) is 4.79 Å². The van der Waals surface area contributed by atoms with Crippen molar-refractivity contribution in [3.63, 3.8) is 0 Å². The average Bonchev–Trinajstić information content (AvgIpc) is 3.50. The van der Waals surface area contributed by atoms with Crippen LogP contribution in [0.4, 0.5) is 5.13 Å². The Morgan fingerprint density at radius 1 is 1.00 bits per heavy atom. The van der Waals surface area contributed by atoms with E-state index in [1.807, 2.05) is 60.7 Å². The summed E-state index contributed by atoms with van der Waals surface area (Å²) >= 11 is 4.89. The van der Waals surface area contributed by atoms with E-state index in [1.165, 1.54) is 28.1 Å². The number of furan rings is 1. The molecular weight excluding hydrogens is 498 g/mol. The van der Waals surface area contributed by atoms with Crippen LogP contribution in [0.15, 0.2) is 105 Å². The van der Waals surface area contributed by atoms with Gasteiger partial charge in [0.15, 0.2) is 0 Å². The first-order valence-corrected chi connectivity index (χ1v) is 11.9. The minimum absolute atomic E-state index is 0.262. The number of thiazole rings is 1. The minimum atomic E-state index is -0.262. The lowest BCUT2D eigenvalue weighted by molar-refractivity contribution is 0.0988. The van der Waals surface area contributed by atoms with Crippen molar-refractivity contribution in [2.75, 3.05) is 5.01 Å². The highest BCUT2D eigenvalue weighted by atomic mass is 79.9. The molecule has 2 aromatic heterocycles. The molecule has 0 aliphatic carbocycles. The number of rotatable bonds is 6. The largest absolute Gasteiger partial charge is 0.463 e. The van der Waals surface area contributed by atoms with E-state index in [0.717, 1.165) is 26.7 Å². The number of hydrogen-bond acceptors (Lipinski definition) is 5. The van der Waals surface area contributed by atoms with E-state index in [1.54, 1.807) is 18.4 Å². The molecule has 7 heteroatoms. The van der Waals surface area contributed by atoms with E-state index < -0.39 is 0 Å². The highest BCUT2D eigenvalue weighted by molar-refractivity contribution is 9.10. The van der Waals surface area contributed by atoms with E-state index >= 15 is 0 Å². The molecule has 0 unspecified atom stereocenters. The van der Waals surface area contributed by atoms with E-state index in [-0.39, 0.29) is 5.91 Å².